The SMILES string of the molecule is c1ccc(-c2ccc(-c3cc(-c4cc(-c5cccc6ccccc56)cc(-c5cccc6c5oc5ccccc56)c4)nc(-c4ccccc4)n3)c(-c3ccccc3)c2)cc1. The highest BCUT2D eigenvalue weighted by atomic mass is 16.3. The fraction of sp³-hybridized carbons (Fsp3) is 0. The van der Waals surface area contributed by atoms with Gasteiger partial charge >= 0.3 is 0 Å². The van der Waals surface area contributed by atoms with Gasteiger partial charge in [-0.05, 0) is 86.1 Å². The van der Waals surface area contributed by atoms with E-state index < -0.39 is 0 Å². The van der Waals surface area contributed by atoms with Gasteiger partial charge in [0, 0.05) is 33.0 Å². The normalized spacial score (nSPS) is 11.4. The summed E-state index contributed by atoms with van der Waals surface area (Å²) in [5.74, 6) is 0.667. The van der Waals surface area contributed by atoms with Crippen LogP contribution in [0.5, 0.6) is 0 Å². The molecule has 3 nitrogen and oxygen atoms in total. The van der Waals surface area contributed by atoms with E-state index >= 15 is 0 Å². The molecule has 11 aromatic rings. The van der Waals surface area contributed by atoms with Crippen molar-refractivity contribution in [1.29, 1.82) is 0 Å². The van der Waals surface area contributed by atoms with Crippen LogP contribution in [0.25, 0.3) is 111 Å². The summed E-state index contributed by atoms with van der Waals surface area (Å²) in [6.07, 6.45) is 0. The van der Waals surface area contributed by atoms with Crippen LogP contribution in [0, 0.1) is 0 Å². The molecule has 2 heterocycles. The molecule has 0 saturated carbocycles. The number of furan rings is 1. The Bertz CT molecular complexity index is 3310. The van der Waals surface area contributed by atoms with Crippen LogP contribution in [0.2, 0.25) is 0 Å². The molecular formula is C56H36N2O. The molecule has 9 aromatic carbocycles. The van der Waals surface area contributed by atoms with Crippen LogP contribution in [0.3, 0.4) is 0 Å². The van der Waals surface area contributed by atoms with E-state index in [0.717, 1.165) is 89.0 Å². The minimum Gasteiger partial charge on any atom is -0.455 e. The van der Waals surface area contributed by atoms with Gasteiger partial charge in [-0.25, -0.2) is 9.97 Å². The first-order valence-electron chi connectivity index (χ1n) is 20.0. The van der Waals surface area contributed by atoms with Crippen LogP contribution in [0.4, 0.5) is 0 Å². The van der Waals surface area contributed by atoms with Gasteiger partial charge in [-0.2, -0.15) is 0 Å². The molecule has 0 spiro atoms. The van der Waals surface area contributed by atoms with E-state index in [1.807, 2.05) is 30.3 Å². The molecule has 0 unspecified atom stereocenters. The van der Waals surface area contributed by atoms with Gasteiger partial charge in [-0.3, -0.25) is 0 Å². The van der Waals surface area contributed by atoms with Crippen LogP contribution >= 0.6 is 0 Å². The van der Waals surface area contributed by atoms with Crippen molar-refractivity contribution in [2.45, 2.75) is 0 Å². The summed E-state index contributed by atoms with van der Waals surface area (Å²) < 4.78 is 6.62. The van der Waals surface area contributed by atoms with Crippen LogP contribution in [0.15, 0.2) is 223 Å². The van der Waals surface area contributed by atoms with Crippen molar-refractivity contribution in [3.8, 4) is 78.4 Å². The van der Waals surface area contributed by atoms with E-state index in [4.69, 9.17) is 14.4 Å². The largest absolute Gasteiger partial charge is 0.455 e. The van der Waals surface area contributed by atoms with Crippen molar-refractivity contribution in [3.05, 3.63) is 218 Å². The van der Waals surface area contributed by atoms with Gasteiger partial charge in [0.25, 0.3) is 0 Å². The van der Waals surface area contributed by atoms with E-state index in [2.05, 4.69) is 188 Å². The maximum atomic E-state index is 6.62. The lowest BCUT2D eigenvalue weighted by atomic mass is 9.90. The number of hydrogen-bond acceptors (Lipinski definition) is 3. The van der Waals surface area contributed by atoms with Gasteiger partial charge in [0.1, 0.15) is 11.2 Å². The van der Waals surface area contributed by atoms with E-state index in [-0.39, 0.29) is 0 Å². The average Bonchev–Trinajstić information content (AvgIpc) is 3.71. The Balaban J connectivity index is 1.17. The van der Waals surface area contributed by atoms with E-state index in [1.54, 1.807) is 0 Å². The topological polar surface area (TPSA) is 38.9 Å². The standard InChI is InChI=1S/C56H36N2O/c1-4-16-37(17-5-1)41-30-31-48(51(35-41)39-18-6-2-7-19-39)53-36-52(57-56(58-53)40-21-8-3-9-22-40)44-33-42(46-26-14-23-38-20-10-11-24-45(38)46)32-43(34-44)47-27-15-28-50-49-25-12-13-29-54(49)59-55(47)50/h1-36H. The molecule has 0 aliphatic carbocycles. The summed E-state index contributed by atoms with van der Waals surface area (Å²) in [6.45, 7) is 0. The molecule has 3 heteroatoms. The van der Waals surface area contributed by atoms with Crippen molar-refractivity contribution < 1.29 is 4.42 Å². The van der Waals surface area contributed by atoms with Crippen LogP contribution in [0.1, 0.15) is 0 Å². The van der Waals surface area contributed by atoms with Crippen LogP contribution in [-0.2, 0) is 0 Å². The van der Waals surface area contributed by atoms with Crippen LogP contribution < -0.4 is 0 Å². The lowest BCUT2D eigenvalue weighted by molar-refractivity contribution is 0.670. The summed E-state index contributed by atoms with van der Waals surface area (Å²) in [5, 5.41) is 4.59. The molecule has 0 aliphatic heterocycles. The Kier molecular flexibility index (Phi) is 8.49. The Labute approximate surface area is 342 Å². The molecule has 0 N–H and O–H groups in total. The van der Waals surface area contributed by atoms with Gasteiger partial charge in [0.05, 0.1) is 11.4 Å². The molecule has 0 radical (unpaired) electrons. The minimum absolute atomic E-state index is 0.667. The highest BCUT2D eigenvalue weighted by Gasteiger charge is 2.19. The number of fused-ring (bicyclic) bond motifs is 4. The number of benzene rings is 9. The van der Waals surface area contributed by atoms with Gasteiger partial charge in [-0.1, -0.05) is 182 Å². The highest BCUT2D eigenvalue weighted by molar-refractivity contribution is 6.10. The number of rotatable bonds is 7. The quantitative estimate of drug-likeness (QED) is 0.163. The number of para-hydroxylation sites is 2. The third kappa shape index (κ3) is 6.36. The zero-order valence-corrected chi connectivity index (χ0v) is 32.1. The first kappa shape index (κ1) is 34.4. The molecular weight excluding hydrogens is 717 g/mol. The molecule has 2 aromatic heterocycles. The zero-order valence-electron chi connectivity index (χ0n) is 32.1. The summed E-state index contributed by atoms with van der Waals surface area (Å²) in [5.41, 5.74) is 15.3. The van der Waals surface area contributed by atoms with Crippen LogP contribution in [-0.4, -0.2) is 9.97 Å². The number of aromatic nitrogens is 2. The summed E-state index contributed by atoms with van der Waals surface area (Å²) in [4.78, 5) is 10.7. The summed E-state index contributed by atoms with van der Waals surface area (Å²) >= 11 is 0. The molecule has 276 valence electrons. The van der Waals surface area contributed by atoms with E-state index in [0.29, 0.717) is 5.82 Å². The lowest BCUT2D eigenvalue weighted by Crippen LogP contribution is -1.98. The Morgan fingerprint density at radius 2 is 0.864 bits per heavy atom. The third-order valence-corrected chi connectivity index (χ3v) is 11.3. The molecule has 0 fully saturated rings. The Morgan fingerprint density at radius 3 is 1.66 bits per heavy atom. The lowest BCUT2D eigenvalue weighted by Gasteiger charge is -2.16. The fourth-order valence-electron chi connectivity index (χ4n) is 8.42. The second-order valence-corrected chi connectivity index (χ2v) is 14.9. The maximum Gasteiger partial charge on any atom is 0.160 e. The van der Waals surface area contributed by atoms with Crippen molar-refractivity contribution >= 4 is 32.7 Å². The second-order valence-electron chi connectivity index (χ2n) is 14.9. The number of nitrogens with zero attached hydrogens (tertiary/aromatic N) is 2. The summed E-state index contributed by atoms with van der Waals surface area (Å²) in [6, 6.07) is 77.0. The van der Waals surface area contributed by atoms with Gasteiger partial charge in [0.15, 0.2) is 5.82 Å². The molecule has 11 rings (SSSR count). The third-order valence-electron chi connectivity index (χ3n) is 11.3. The monoisotopic (exact) mass is 752 g/mol. The molecule has 0 bridgehead atoms. The maximum absolute atomic E-state index is 6.62. The first-order chi connectivity index (χ1) is 29.2. The summed E-state index contributed by atoms with van der Waals surface area (Å²) in [7, 11) is 0. The number of hydrogen-bond donors (Lipinski definition) is 0. The van der Waals surface area contributed by atoms with E-state index in [9.17, 15) is 0 Å². The average molecular weight is 753 g/mol. The van der Waals surface area contributed by atoms with Gasteiger partial charge < -0.3 is 4.42 Å². The van der Waals surface area contributed by atoms with Crippen molar-refractivity contribution in [2.24, 2.45) is 0 Å². The molecule has 0 aliphatic rings. The van der Waals surface area contributed by atoms with Crippen molar-refractivity contribution in [1.82, 2.24) is 9.97 Å². The molecule has 0 amide bonds. The molecule has 0 atom stereocenters. The Hall–Kier alpha value is -7.88. The Morgan fingerprint density at radius 1 is 0.288 bits per heavy atom. The van der Waals surface area contributed by atoms with Gasteiger partial charge in [0.2, 0.25) is 0 Å². The van der Waals surface area contributed by atoms with Crippen molar-refractivity contribution in [3.63, 3.8) is 0 Å². The predicted octanol–water partition coefficient (Wildman–Crippen LogP) is 15.2. The fourth-order valence-corrected chi connectivity index (χ4v) is 8.42. The van der Waals surface area contributed by atoms with E-state index in [1.165, 1.54) is 16.3 Å². The van der Waals surface area contributed by atoms with Crippen molar-refractivity contribution in [2.75, 3.05) is 0 Å². The smallest absolute Gasteiger partial charge is 0.160 e. The second kappa shape index (κ2) is 14.6. The minimum atomic E-state index is 0.667. The first-order valence-corrected chi connectivity index (χ1v) is 20.0. The zero-order chi connectivity index (χ0) is 39.1. The predicted molar refractivity (Wildman–Crippen MR) is 245 cm³/mol. The molecule has 59 heavy (non-hydrogen) atoms. The van der Waals surface area contributed by atoms with Gasteiger partial charge in [-0.15, -0.1) is 0 Å². The molecule has 0 saturated heterocycles. The highest BCUT2D eigenvalue weighted by Crippen LogP contribution is 2.42.